The van der Waals surface area contributed by atoms with Crippen LogP contribution in [0.15, 0.2) is 23.3 Å². The molecule has 0 aliphatic carbocycles. The minimum Gasteiger partial charge on any atom is -0.477 e. The van der Waals surface area contributed by atoms with E-state index in [9.17, 15) is 0 Å². The summed E-state index contributed by atoms with van der Waals surface area (Å²) in [5.74, 6) is 2.54. The van der Waals surface area contributed by atoms with Gasteiger partial charge in [0.25, 0.3) is 0 Å². The predicted octanol–water partition coefficient (Wildman–Crippen LogP) is 2.57. The molecule has 1 aliphatic heterocycles. The Morgan fingerprint density at radius 3 is 2.79 bits per heavy atom. The van der Waals surface area contributed by atoms with Gasteiger partial charge >= 0.3 is 0 Å². The molecular formula is C20H31N7OS. The smallest absolute Gasteiger partial charge is 0.218 e. The van der Waals surface area contributed by atoms with Crippen molar-refractivity contribution < 1.29 is 4.74 Å². The highest BCUT2D eigenvalue weighted by Crippen LogP contribution is 2.19. The van der Waals surface area contributed by atoms with Crippen molar-refractivity contribution in [1.29, 1.82) is 0 Å². The van der Waals surface area contributed by atoms with Gasteiger partial charge in [-0.1, -0.05) is 26.3 Å². The Morgan fingerprint density at radius 1 is 1.28 bits per heavy atom. The summed E-state index contributed by atoms with van der Waals surface area (Å²) >= 11 is 1.49. The molecule has 3 heterocycles. The largest absolute Gasteiger partial charge is 0.477 e. The maximum Gasteiger partial charge on any atom is 0.218 e. The Labute approximate surface area is 177 Å². The fourth-order valence-corrected chi connectivity index (χ4v) is 3.94. The van der Waals surface area contributed by atoms with Crippen LogP contribution < -0.4 is 15.0 Å². The molecule has 1 N–H and O–H groups in total. The number of hydrogen-bond donors (Lipinski definition) is 1. The number of pyridine rings is 1. The van der Waals surface area contributed by atoms with E-state index >= 15 is 0 Å². The minimum absolute atomic E-state index is 0.637. The van der Waals surface area contributed by atoms with E-state index in [1.54, 1.807) is 6.20 Å². The number of aliphatic imine (C=N–C) groups is 1. The molecule has 2 aromatic rings. The predicted molar refractivity (Wildman–Crippen MR) is 118 cm³/mol. The molecule has 0 spiro atoms. The van der Waals surface area contributed by atoms with E-state index in [-0.39, 0.29) is 0 Å². The molecule has 2 aromatic heterocycles. The second-order valence-electron chi connectivity index (χ2n) is 6.89. The van der Waals surface area contributed by atoms with Crippen molar-refractivity contribution in [3.63, 3.8) is 0 Å². The number of unbranched alkanes of at least 4 members (excludes halogenated alkanes) is 1. The SMILES string of the molecule is CCCCOc1ncccc1CNC(=NC)N1CCN(c2nc(CC)ns2)CC1. The van der Waals surface area contributed by atoms with E-state index in [0.29, 0.717) is 19.0 Å². The molecule has 0 atom stereocenters. The quantitative estimate of drug-likeness (QED) is 0.402. The van der Waals surface area contributed by atoms with Gasteiger partial charge in [0.2, 0.25) is 11.0 Å². The Bertz CT molecular complexity index is 787. The van der Waals surface area contributed by atoms with Crippen molar-refractivity contribution in [1.82, 2.24) is 24.6 Å². The lowest BCUT2D eigenvalue weighted by atomic mass is 10.2. The zero-order valence-electron chi connectivity index (χ0n) is 17.6. The zero-order valence-corrected chi connectivity index (χ0v) is 18.4. The van der Waals surface area contributed by atoms with Crippen LogP contribution in [-0.2, 0) is 13.0 Å². The first-order valence-electron chi connectivity index (χ1n) is 10.3. The maximum atomic E-state index is 5.84. The van der Waals surface area contributed by atoms with Gasteiger partial charge in [0.1, 0.15) is 5.82 Å². The summed E-state index contributed by atoms with van der Waals surface area (Å²) in [6.07, 6.45) is 4.79. The Hall–Kier alpha value is -2.42. The molecule has 29 heavy (non-hydrogen) atoms. The van der Waals surface area contributed by atoms with Crippen LogP contribution in [0, 0.1) is 0 Å². The van der Waals surface area contributed by atoms with E-state index in [1.807, 2.05) is 19.2 Å². The molecule has 158 valence electrons. The Kier molecular flexibility index (Phi) is 8.03. The van der Waals surface area contributed by atoms with Gasteiger partial charge in [-0.05, 0) is 12.5 Å². The van der Waals surface area contributed by atoms with E-state index in [0.717, 1.165) is 67.9 Å². The van der Waals surface area contributed by atoms with E-state index in [1.165, 1.54) is 11.5 Å². The van der Waals surface area contributed by atoms with Crippen molar-refractivity contribution in [2.45, 2.75) is 39.7 Å². The number of nitrogens with one attached hydrogen (secondary N) is 1. The van der Waals surface area contributed by atoms with Gasteiger partial charge in [-0.2, -0.15) is 4.37 Å². The van der Waals surface area contributed by atoms with Crippen LogP contribution in [0.4, 0.5) is 5.13 Å². The van der Waals surface area contributed by atoms with Gasteiger partial charge in [-0.15, -0.1) is 0 Å². The molecule has 9 heteroatoms. The first kappa shape index (κ1) is 21.3. The number of nitrogens with zero attached hydrogens (tertiary/aromatic N) is 6. The molecule has 3 rings (SSSR count). The summed E-state index contributed by atoms with van der Waals surface area (Å²) in [5.41, 5.74) is 1.05. The molecule has 0 amide bonds. The maximum absolute atomic E-state index is 5.84. The summed E-state index contributed by atoms with van der Waals surface area (Å²) in [6.45, 7) is 9.19. The molecule has 0 saturated carbocycles. The molecule has 0 radical (unpaired) electrons. The number of aromatic nitrogens is 3. The number of ether oxygens (including phenoxy) is 1. The van der Waals surface area contributed by atoms with Crippen LogP contribution in [0.1, 0.15) is 38.1 Å². The standard InChI is InChI=1S/C20H31N7OS/c1-4-6-14-28-18-16(8-7-9-22-18)15-23-19(21-3)26-10-12-27(13-11-26)20-24-17(5-2)25-29-20/h7-9H,4-6,10-15H2,1-3H3,(H,21,23). The second-order valence-corrected chi connectivity index (χ2v) is 7.62. The summed E-state index contributed by atoms with van der Waals surface area (Å²) in [6, 6.07) is 3.99. The molecule has 1 saturated heterocycles. The number of hydrogen-bond acceptors (Lipinski definition) is 7. The summed E-state index contributed by atoms with van der Waals surface area (Å²) in [5, 5.41) is 4.49. The van der Waals surface area contributed by atoms with Crippen LogP contribution in [-0.4, -0.2) is 65.0 Å². The van der Waals surface area contributed by atoms with Gasteiger partial charge in [0.05, 0.1) is 6.61 Å². The molecule has 0 aromatic carbocycles. The van der Waals surface area contributed by atoms with Crippen molar-refractivity contribution in [2.24, 2.45) is 4.99 Å². The summed E-state index contributed by atoms with van der Waals surface area (Å²) in [4.78, 5) is 18.1. The van der Waals surface area contributed by atoms with E-state index < -0.39 is 0 Å². The molecular weight excluding hydrogens is 386 g/mol. The average molecular weight is 418 g/mol. The lowest BCUT2D eigenvalue weighted by Crippen LogP contribution is -2.52. The Morgan fingerprint density at radius 2 is 2.10 bits per heavy atom. The minimum atomic E-state index is 0.637. The van der Waals surface area contributed by atoms with Crippen molar-refractivity contribution >= 4 is 22.6 Å². The number of aryl methyl sites for hydroxylation is 1. The fraction of sp³-hybridized carbons (Fsp3) is 0.600. The average Bonchev–Trinajstić information content (AvgIpc) is 3.25. The highest BCUT2D eigenvalue weighted by molar-refractivity contribution is 7.09. The number of piperazine rings is 1. The summed E-state index contributed by atoms with van der Waals surface area (Å²) in [7, 11) is 1.83. The highest BCUT2D eigenvalue weighted by Gasteiger charge is 2.22. The van der Waals surface area contributed by atoms with Crippen LogP contribution in [0.3, 0.4) is 0 Å². The monoisotopic (exact) mass is 417 g/mol. The van der Waals surface area contributed by atoms with Gasteiger partial charge in [-0.25, -0.2) is 9.97 Å². The normalized spacial score (nSPS) is 14.9. The molecule has 1 aliphatic rings. The van der Waals surface area contributed by atoms with Crippen LogP contribution in [0.5, 0.6) is 5.88 Å². The second kappa shape index (κ2) is 10.9. The van der Waals surface area contributed by atoms with Gasteiger partial charge in [0.15, 0.2) is 5.96 Å². The third kappa shape index (κ3) is 5.79. The fourth-order valence-electron chi connectivity index (χ4n) is 3.13. The molecule has 0 unspecified atom stereocenters. The van der Waals surface area contributed by atoms with Crippen LogP contribution >= 0.6 is 11.5 Å². The van der Waals surface area contributed by atoms with Crippen molar-refractivity contribution in [3.8, 4) is 5.88 Å². The van der Waals surface area contributed by atoms with Crippen LogP contribution in [0.25, 0.3) is 0 Å². The highest BCUT2D eigenvalue weighted by atomic mass is 32.1. The molecule has 1 fully saturated rings. The van der Waals surface area contributed by atoms with E-state index in [2.05, 4.69) is 48.3 Å². The number of anilines is 1. The lowest BCUT2D eigenvalue weighted by Gasteiger charge is -2.36. The number of rotatable bonds is 8. The van der Waals surface area contributed by atoms with Crippen molar-refractivity contribution in [2.75, 3.05) is 44.7 Å². The third-order valence-electron chi connectivity index (χ3n) is 4.86. The van der Waals surface area contributed by atoms with Gasteiger partial charge < -0.3 is 19.9 Å². The van der Waals surface area contributed by atoms with Crippen molar-refractivity contribution in [3.05, 3.63) is 29.7 Å². The van der Waals surface area contributed by atoms with Gasteiger partial charge in [0, 0.05) is 69.5 Å². The lowest BCUT2D eigenvalue weighted by molar-refractivity contribution is 0.294. The Balaban J connectivity index is 1.52. The third-order valence-corrected chi connectivity index (χ3v) is 5.67. The van der Waals surface area contributed by atoms with E-state index in [4.69, 9.17) is 4.74 Å². The topological polar surface area (TPSA) is 78.8 Å². The molecule has 8 nitrogen and oxygen atoms in total. The first-order chi connectivity index (χ1) is 14.2. The number of guanidine groups is 1. The summed E-state index contributed by atoms with van der Waals surface area (Å²) < 4.78 is 10.2. The first-order valence-corrected chi connectivity index (χ1v) is 11.1. The molecule has 0 bridgehead atoms. The zero-order chi connectivity index (χ0) is 20.5. The van der Waals surface area contributed by atoms with Crippen LogP contribution in [0.2, 0.25) is 0 Å². The van der Waals surface area contributed by atoms with Gasteiger partial charge in [-0.3, -0.25) is 4.99 Å².